The zero-order chi connectivity index (χ0) is 9.56. The maximum atomic E-state index is 3.43. The van der Waals surface area contributed by atoms with Crippen molar-refractivity contribution in [3.8, 4) is 0 Å². The lowest BCUT2D eigenvalue weighted by atomic mass is 10.1. The topological polar surface area (TPSA) is 27.3 Å². The van der Waals surface area contributed by atoms with Crippen LogP contribution in [0.1, 0.15) is 20.3 Å². The van der Waals surface area contributed by atoms with Crippen molar-refractivity contribution in [2.24, 2.45) is 0 Å². The van der Waals surface area contributed by atoms with Gasteiger partial charge in [0.15, 0.2) is 0 Å². The molecule has 0 aromatic carbocycles. The van der Waals surface area contributed by atoms with Crippen LogP contribution in [0.5, 0.6) is 0 Å². The first-order valence-electron chi connectivity index (χ1n) is 4.61. The molecule has 0 aliphatic heterocycles. The average molecular weight is 173 g/mol. The Morgan fingerprint density at radius 2 is 1.75 bits per heavy atom. The molecule has 2 N–H and O–H groups in total. The molecule has 0 radical (unpaired) electrons. The summed E-state index contributed by atoms with van der Waals surface area (Å²) < 4.78 is 0. The van der Waals surface area contributed by atoms with Crippen molar-refractivity contribution in [1.29, 1.82) is 0 Å². The third kappa shape index (κ3) is 6.58. The van der Waals surface area contributed by atoms with E-state index >= 15 is 0 Å². The van der Waals surface area contributed by atoms with Gasteiger partial charge in [-0.15, -0.1) is 0 Å². The van der Waals surface area contributed by atoms with Gasteiger partial charge in [0, 0.05) is 18.8 Å². The first-order chi connectivity index (χ1) is 5.56. The average Bonchev–Trinajstić information content (AvgIpc) is 2.00. The number of nitrogens with one attached hydrogen (secondary N) is 2. The van der Waals surface area contributed by atoms with Gasteiger partial charge in [0.25, 0.3) is 0 Å². The van der Waals surface area contributed by atoms with E-state index in [1.54, 1.807) is 0 Å². The van der Waals surface area contributed by atoms with Crippen LogP contribution >= 0.6 is 0 Å². The highest BCUT2D eigenvalue weighted by molar-refractivity contribution is 4.67. The predicted octanol–water partition coefficient (Wildman–Crippen LogP) is 0.482. The van der Waals surface area contributed by atoms with E-state index in [9.17, 15) is 0 Å². The van der Waals surface area contributed by atoms with Crippen LogP contribution in [0, 0.1) is 0 Å². The number of hydrogen-bond donors (Lipinski definition) is 2. The Kier molecular flexibility index (Phi) is 6.34. The van der Waals surface area contributed by atoms with Crippen molar-refractivity contribution in [1.82, 2.24) is 15.5 Å². The van der Waals surface area contributed by atoms with E-state index in [-0.39, 0.29) is 0 Å². The summed E-state index contributed by atoms with van der Waals surface area (Å²) in [7, 11) is 6.14. The summed E-state index contributed by atoms with van der Waals surface area (Å²) in [6.07, 6.45) is 1.17. The van der Waals surface area contributed by atoms with E-state index in [2.05, 4.69) is 43.5 Å². The third-order valence-corrected chi connectivity index (χ3v) is 1.96. The number of hydrogen-bond acceptors (Lipinski definition) is 3. The van der Waals surface area contributed by atoms with Crippen LogP contribution in [0.15, 0.2) is 0 Å². The Balaban J connectivity index is 3.39. The Hall–Kier alpha value is -0.120. The largest absolute Gasteiger partial charge is 0.317 e. The van der Waals surface area contributed by atoms with E-state index in [0.717, 1.165) is 6.67 Å². The molecule has 2 unspecified atom stereocenters. The summed E-state index contributed by atoms with van der Waals surface area (Å²) in [5, 5.41) is 6.66. The van der Waals surface area contributed by atoms with Crippen LogP contribution in [-0.2, 0) is 0 Å². The maximum Gasteiger partial charge on any atom is 0.0476 e. The second kappa shape index (κ2) is 6.40. The molecule has 3 nitrogen and oxygen atoms in total. The van der Waals surface area contributed by atoms with Crippen molar-refractivity contribution in [3.63, 3.8) is 0 Å². The van der Waals surface area contributed by atoms with Crippen molar-refractivity contribution < 1.29 is 0 Å². The minimum absolute atomic E-state index is 0.579. The Morgan fingerprint density at radius 3 is 2.17 bits per heavy atom. The van der Waals surface area contributed by atoms with Gasteiger partial charge in [-0.3, -0.25) is 4.90 Å². The molecule has 0 saturated carbocycles. The third-order valence-electron chi connectivity index (χ3n) is 1.96. The molecule has 0 heterocycles. The summed E-state index contributed by atoms with van der Waals surface area (Å²) in [5.74, 6) is 0. The van der Waals surface area contributed by atoms with Crippen LogP contribution in [0.3, 0.4) is 0 Å². The zero-order valence-corrected chi connectivity index (χ0v) is 9.02. The normalized spacial score (nSPS) is 16.5. The monoisotopic (exact) mass is 173 g/mol. The summed E-state index contributed by atoms with van der Waals surface area (Å²) in [6, 6.07) is 1.17. The quantitative estimate of drug-likeness (QED) is 0.572. The molecule has 0 aromatic heterocycles. The van der Waals surface area contributed by atoms with E-state index in [1.807, 2.05) is 7.05 Å². The van der Waals surface area contributed by atoms with Gasteiger partial charge in [0.05, 0.1) is 0 Å². The Labute approximate surface area is 76.5 Å². The van der Waals surface area contributed by atoms with Gasteiger partial charge in [-0.05, 0) is 41.4 Å². The molecule has 0 bridgehead atoms. The highest BCUT2D eigenvalue weighted by Crippen LogP contribution is 1.95. The van der Waals surface area contributed by atoms with Crippen LogP contribution in [0.2, 0.25) is 0 Å². The Bertz CT molecular complexity index is 104. The molecule has 0 aromatic rings. The molecule has 12 heavy (non-hydrogen) atoms. The molecule has 0 amide bonds. The van der Waals surface area contributed by atoms with Crippen molar-refractivity contribution in [2.75, 3.05) is 27.8 Å². The molecule has 0 fully saturated rings. The fourth-order valence-corrected chi connectivity index (χ4v) is 1.07. The standard InChI is InChI=1S/C9H23N3/c1-8(10-3)6-9(2)11-7-12(4)5/h8-11H,6-7H2,1-5H3. The Morgan fingerprint density at radius 1 is 1.17 bits per heavy atom. The second-order valence-electron chi connectivity index (χ2n) is 3.77. The summed E-state index contributed by atoms with van der Waals surface area (Å²) in [5.41, 5.74) is 0. The molecule has 0 saturated heterocycles. The maximum absolute atomic E-state index is 3.43. The van der Waals surface area contributed by atoms with Crippen molar-refractivity contribution >= 4 is 0 Å². The van der Waals surface area contributed by atoms with Gasteiger partial charge in [0.2, 0.25) is 0 Å². The van der Waals surface area contributed by atoms with Crippen LogP contribution < -0.4 is 10.6 Å². The van der Waals surface area contributed by atoms with Gasteiger partial charge in [-0.1, -0.05) is 0 Å². The van der Waals surface area contributed by atoms with Crippen LogP contribution in [0.25, 0.3) is 0 Å². The molecular weight excluding hydrogens is 150 g/mol. The smallest absolute Gasteiger partial charge is 0.0476 e. The van der Waals surface area contributed by atoms with E-state index in [0.29, 0.717) is 12.1 Å². The molecule has 3 heteroatoms. The van der Waals surface area contributed by atoms with Gasteiger partial charge in [-0.2, -0.15) is 0 Å². The second-order valence-corrected chi connectivity index (χ2v) is 3.77. The fraction of sp³-hybridized carbons (Fsp3) is 1.00. The minimum Gasteiger partial charge on any atom is -0.317 e. The van der Waals surface area contributed by atoms with E-state index in [4.69, 9.17) is 0 Å². The molecule has 0 aliphatic rings. The molecule has 0 aliphatic carbocycles. The SMILES string of the molecule is CNC(C)CC(C)NCN(C)C. The lowest BCUT2D eigenvalue weighted by Crippen LogP contribution is -2.38. The summed E-state index contributed by atoms with van der Waals surface area (Å²) >= 11 is 0. The highest BCUT2D eigenvalue weighted by Gasteiger charge is 2.05. The van der Waals surface area contributed by atoms with E-state index in [1.165, 1.54) is 6.42 Å². The van der Waals surface area contributed by atoms with E-state index < -0.39 is 0 Å². The van der Waals surface area contributed by atoms with Crippen molar-refractivity contribution in [3.05, 3.63) is 0 Å². The number of rotatable bonds is 6. The lowest BCUT2D eigenvalue weighted by molar-refractivity contribution is 0.327. The predicted molar refractivity (Wildman–Crippen MR) is 54.3 cm³/mol. The van der Waals surface area contributed by atoms with Crippen LogP contribution in [0.4, 0.5) is 0 Å². The zero-order valence-electron chi connectivity index (χ0n) is 9.02. The molecule has 2 atom stereocenters. The van der Waals surface area contributed by atoms with Gasteiger partial charge in [0.1, 0.15) is 0 Å². The lowest BCUT2D eigenvalue weighted by Gasteiger charge is -2.20. The van der Waals surface area contributed by atoms with Gasteiger partial charge >= 0.3 is 0 Å². The summed E-state index contributed by atoms with van der Waals surface area (Å²) in [4.78, 5) is 2.14. The fourth-order valence-electron chi connectivity index (χ4n) is 1.07. The van der Waals surface area contributed by atoms with Crippen LogP contribution in [-0.4, -0.2) is 44.8 Å². The minimum atomic E-state index is 0.579. The first-order valence-corrected chi connectivity index (χ1v) is 4.61. The number of nitrogens with zero attached hydrogens (tertiary/aromatic N) is 1. The molecule has 74 valence electrons. The molecular formula is C9H23N3. The van der Waals surface area contributed by atoms with Gasteiger partial charge in [-0.25, -0.2) is 0 Å². The summed E-state index contributed by atoms with van der Waals surface area (Å²) in [6.45, 7) is 5.38. The van der Waals surface area contributed by atoms with Gasteiger partial charge < -0.3 is 10.6 Å². The first kappa shape index (κ1) is 11.9. The molecule has 0 spiro atoms. The highest BCUT2D eigenvalue weighted by atomic mass is 15.2. The molecule has 0 rings (SSSR count). The van der Waals surface area contributed by atoms with Crippen molar-refractivity contribution in [2.45, 2.75) is 32.4 Å².